The van der Waals surface area contributed by atoms with E-state index in [9.17, 15) is 10.1 Å². The van der Waals surface area contributed by atoms with Crippen LogP contribution in [0, 0.1) is 11.3 Å². The van der Waals surface area contributed by atoms with Crippen molar-refractivity contribution in [3.63, 3.8) is 0 Å². The number of aromatic amines is 1. The molecule has 1 fully saturated rings. The molecule has 0 radical (unpaired) electrons. The number of piperazine rings is 1. The van der Waals surface area contributed by atoms with Crippen molar-refractivity contribution in [1.29, 1.82) is 5.26 Å². The average molecular weight is 430 g/mol. The molecule has 162 valence electrons. The Hall–Kier alpha value is -4.19. The van der Waals surface area contributed by atoms with Gasteiger partial charge in [0.25, 0.3) is 5.89 Å². The van der Waals surface area contributed by atoms with Gasteiger partial charge in [-0.2, -0.15) is 10.2 Å². The van der Waals surface area contributed by atoms with Gasteiger partial charge in [0.1, 0.15) is 6.07 Å². The summed E-state index contributed by atoms with van der Waals surface area (Å²) in [4.78, 5) is 23.8. The van der Waals surface area contributed by atoms with E-state index < -0.39 is 0 Å². The molecular formula is C23H22N6O3. The maximum absolute atomic E-state index is 12.6. The standard InChI is InChI=1S/C23H22N6O3/c24-14-19-22(32-21(27-19)20-6-3-13-31-20)28-9-11-29(12-10-28)23(30)25-8-7-16-15-26-18-5-2-1-4-17(16)18/h1-6,13,15,26H,7-12H2,(H,25,30). The number of nitrogens with one attached hydrogen (secondary N) is 2. The van der Waals surface area contributed by atoms with Crippen molar-refractivity contribution < 1.29 is 13.6 Å². The summed E-state index contributed by atoms with van der Waals surface area (Å²) >= 11 is 0. The molecule has 1 aromatic carbocycles. The maximum Gasteiger partial charge on any atom is 0.317 e. The normalized spacial score (nSPS) is 14.0. The first-order chi connectivity index (χ1) is 15.7. The van der Waals surface area contributed by atoms with Gasteiger partial charge >= 0.3 is 6.03 Å². The van der Waals surface area contributed by atoms with Crippen LogP contribution >= 0.6 is 0 Å². The highest BCUT2D eigenvalue weighted by molar-refractivity contribution is 5.83. The number of fused-ring (bicyclic) bond motifs is 1. The van der Waals surface area contributed by atoms with Gasteiger partial charge in [-0.25, -0.2) is 4.79 Å². The second-order valence-electron chi connectivity index (χ2n) is 7.58. The lowest BCUT2D eigenvalue weighted by molar-refractivity contribution is 0.194. The first-order valence-electron chi connectivity index (χ1n) is 10.5. The number of benzene rings is 1. The molecule has 5 rings (SSSR count). The van der Waals surface area contributed by atoms with Gasteiger partial charge in [0.2, 0.25) is 11.6 Å². The molecule has 32 heavy (non-hydrogen) atoms. The summed E-state index contributed by atoms with van der Waals surface area (Å²) < 4.78 is 11.1. The minimum atomic E-state index is -0.0844. The SMILES string of the molecule is N#Cc1nc(-c2ccco2)oc1N1CCN(C(=O)NCCc2c[nH]c3ccccc23)CC1. The zero-order valence-corrected chi connectivity index (χ0v) is 17.4. The molecule has 0 unspecified atom stereocenters. The third kappa shape index (κ3) is 3.78. The van der Waals surface area contributed by atoms with Crippen LogP contribution in [0.5, 0.6) is 0 Å². The van der Waals surface area contributed by atoms with Gasteiger partial charge in [0.15, 0.2) is 5.76 Å². The first kappa shape index (κ1) is 19.8. The van der Waals surface area contributed by atoms with Crippen LogP contribution in [-0.4, -0.2) is 53.6 Å². The molecule has 0 aliphatic carbocycles. The summed E-state index contributed by atoms with van der Waals surface area (Å²) in [6.07, 6.45) is 4.28. The molecule has 0 spiro atoms. The Morgan fingerprint density at radius 3 is 2.81 bits per heavy atom. The van der Waals surface area contributed by atoms with E-state index in [0.29, 0.717) is 44.4 Å². The third-order valence-electron chi connectivity index (χ3n) is 5.65. The van der Waals surface area contributed by atoms with Crippen LogP contribution in [0.4, 0.5) is 10.7 Å². The van der Waals surface area contributed by atoms with E-state index in [4.69, 9.17) is 8.83 Å². The number of nitriles is 1. The minimum absolute atomic E-state index is 0.0844. The van der Waals surface area contributed by atoms with Gasteiger partial charge in [-0.1, -0.05) is 18.2 Å². The van der Waals surface area contributed by atoms with Crippen LogP contribution < -0.4 is 10.2 Å². The smallest absolute Gasteiger partial charge is 0.317 e. The highest BCUT2D eigenvalue weighted by Gasteiger charge is 2.27. The zero-order valence-electron chi connectivity index (χ0n) is 17.4. The van der Waals surface area contributed by atoms with Crippen LogP contribution in [0.2, 0.25) is 0 Å². The van der Waals surface area contributed by atoms with Crippen molar-refractivity contribution in [3.8, 4) is 17.7 Å². The molecule has 1 saturated heterocycles. The van der Waals surface area contributed by atoms with E-state index in [-0.39, 0.29) is 17.6 Å². The number of hydrogen-bond acceptors (Lipinski definition) is 6. The van der Waals surface area contributed by atoms with Crippen LogP contribution in [0.25, 0.3) is 22.6 Å². The maximum atomic E-state index is 12.6. The molecule has 0 bridgehead atoms. The van der Waals surface area contributed by atoms with Gasteiger partial charge in [0.05, 0.1) is 6.26 Å². The Morgan fingerprint density at radius 2 is 2.03 bits per heavy atom. The van der Waals surface area contributed by atoms with Crippen molar-refractivity contribution >= 4 is 22.8 Å². The molecule has 3 aromatic heterocycles. The van der Waals surface area contributed by atoms with E-state index in [1.807, 2.05) is 29.3 Å². The molecule has 4 heterocycles. The summed E-state index contributed by atoms with van der Waals surface area (Å²) in [5.41, 5.74) is 2.50. The van der Waals surface area contributed by atoms with Crippen LogP contribution in [0.3, 0.4) is 0 Å². The largest absolute Gasteiger partial charge is 0.459 e. The summed E-state index contributed by atoms with van der Waals surface area (Å²) in [5, 5.41) is 13.6. The summed E-state index contributed by atoms with van der Waals surface area (Å²) in [7, 11) is 0. The number of H-pyrrole nitrogens is 1. The molecule has 2 N–H and O–H groups in total. The molecule has 4 aromatic rings. The number of anilines is 1. The van der Waals surface area contributed by atoms with Crippen LogP contribution in [-0.2, 0) is 6.42 Å². The second-order valence-corrected chi connectivity index (χ2v) is 7.58. The predicted molar refractivity (Wildman–Crippen MR) is 118 cm³/mol. The fraction of sp³-hybridized carbons (Fsp3) is 0.261. The Kier molecular flexibility index (Phi) is 5.25. The first-order valence-corrected chi connectivity index (χ1v) is 10.5. The molecule has 1 aliphatic rings. The van der Waals surface area contributed by atoms with E-state index in [1.54, 1.807) is 17.0 Å². The molecule has 2 amide bonds. The summed E-state index contributed by atoms with van der Waals surface area (Å²) in [6, 6.07) is 13.6. The Morgan fingerprint density at radius 1 is 1.19 bits per heavy atom. The fourth-order valence-electron chi connectivity index (χ4n) is 3.97. The lowest BCUT2D eigenvalue weighted by atomic mass is 10.1. The van der Waals surface area contributed by atoms with E-state index in [2.05, 4.69) is 27.4 Å². The lowest BCUT2D eigenvalue weighted by Gasteiger charge is -2.34. The highest BCUT2D eigenvalue weighted by atomic mass is 16.4. The third-order valence-corrected chi connectivity index (χ3v) is 5.65. The number of para-hydroxylation sites is 1. The number of urea groups is 1. The van der Waals surface area contributed by atoms with Crippen molar-refractivity contribution in [2.75, 3.05) is 37.6 Å². The number of carbonyl (C=O) groups is 1. The molecule has 9 nitrogen and oxygen atoms in total. The van der Waals surface area contributed by atoms with Crippen molar-refractivity contribution in [2.24, 2.45) is 0 Å². The second kappa shape index (κ2) is 8.51. The van der Waals surface area contributed by atoms with Gasteiger partial charge < -0.3 is 28.9 Å². The topological polar surface area (TPSA) is 114 Å². The number of amides is 2. The fourth-order valence-corrected chi connectivity index (χ4v) is 3.97. The number of aromatic nitrogens is 2. The lowest BCUT2D eigenvalue weighted by Crippen LogP contribution is -2.52. The number of nitrogens with zero attached hydrogens (tertiary/aromatic N) is 4. The zero-order chi connectivity index (χ0) is 21.9. The number of carbonyl (C=O) groups excluding carboxylic acids is 1. The van der Waals surface area contributed by atoms with Gasteiger partial charge in [-0.3, -0.25) is 0 Å². The quantitative estimate of drug-likeness (QED) is 0.502. The number of oxazole rings is 1. The Labute approximate surface area is 184 Å². The minimum Gasteiger partial charge on any atom is -0.459 e. The van der Waals surface area contributed by atoms with E-state index >= 15 is 0 Å². The van der Waals surface area contributed by atoms with Gasteiger partial charge in [0, 0.05) is 49.8 Å². The molecule has 0 saturated carbocycles. The van der Waals surface area contributed by atoms with Crippen molar-refractivity contribution in [3.05, 3.63) is 60.1 Å². The van der Waals surface area contributed by atoms with Gasteiger partial charge in [-0.05, 0) is 30.2 Å². The Balaban J connectivity index is 1.15. The number of furan rings is 1. The number of rotatable bonds is 5. The van der Waals surface area contributed by atoms with Crippen LogP contribution in [0.1, 0.15) is 11.3 Å². The summed E-state index contributed by atoms with van der Waals surface area (Å²) in [6.45, 7) is 2.73. The van der Waals surface area contributed by atoms with Gasteiger partial charge in [-0.15, -0.1) is 0 Å². The molecule has 9 heteroatoms. The summed E-state index contributed by atoms with van der Waals surface area (Å²) in [5.74, 6) is 1.17. The molecular weight excluding hydrogens is 408 g/mol. The van der Waals surface area contributed by atoms with Crippen molar-refractivity contribution in [1.82, 2.24) is 20.2 Å². The Bertz CT molecular complexity index is 1260. The average Bonchev–Trinajstić information content (AvgIpc) is 3.58. The van der Waals surface area contributed by atoms with E-state index in [0.717, 1.165) is 11.9 Å². The van der Waals surface area contributed by atoms with Crippen LogP contribution in [0.15, 0.2) is 57.7 Å². The number of hydrogen-bond donors (Lipinski definition) is 2. The van der Waals surface area contributed by atoms with E-state index in [1.165, 1.54) is 17.2 Å². The molecule has 1 aliphatic heterocycles. The monoisotopic (exact) mass is 430 g/mol. The van der Waals surface area contributed by atoms with Crippen molar-refractivity contribution in [2.45, 2.75) is 6.42 Å². The predicted octanol–water partition coefficient (Wildman–Crippen LogP) is 3.36. The highest BCUT2D eigenvalue weighted by Crippen LogP contribution is 2.29. The molecule has 0 atom stereocenters.